The van der Waals surface area contributed by atoms with E-state index in [0.29, 0.717) is 15.6 Å². The first-order valence-electron chi connectivity index (χ1n) is 5.37. The Morgan fingerprint density at radius 2 is 2.26 bits per heavy atom. The lowest BCUT2D eigenvalue weighted by molar-refractivity contribution is 0.0950. The predicted octanol–water partition coefficient (Wildman–Crippen LogP) is 2.79. The molecule has 98 valence electrons. The Hall–Kier alpha value is -1.85. The van der Waals surface area contributed by atoms with Gasteiger partial charge >= 0.3 is 0 Å². The van der Waals surface area contributed by atoms with Gasteiger partial charge in [0.2, 0.25) is 0 Å². The molecule has 1 heterocycles. The molecule has 1 aromatic heterocycles. The number of halogens is 2. The average Bonchev–Trinajstić information content (AvgIpc) is 2.81. The number of nitrogens with one attached hydrogen (secondary N) is 2. The molecule has 1 aromatic carbocycles. The summed E-state index contributed by atoms with van der Waals surface area (Å²) in [6, 6.07) is 6.78. The maximum Gasteiger partial charge on any atom is 0.291 e. The summed E-state index contributed by atoms with van der Waals surface area (Å²) in [5.74, 6) is -0.404. The summed E-state index contributed by atoms with van der Waals surface area (Å²) in [6.07, 6.45) is 1.42. The third kappa shape index (κ3) is 3.33. The Kier molecular flexibility index (Phi) is 4.19. The molecule has 0 aliphatic rings. The van der Waals surface area contributed by atoms with Crippen LogP contribution < -0.4 is 5.43 Å². The maximum absolute atomic E-state index is 11.6. The number of rotatable bonds is 3. The van der Waals surface area contributed by atoms with Crippen molar-refractivity contribution in [3.63, 3.8) is 0 Å². The fraction of sp³-hybridized carbons (Fsp3) is 0.0833. The molecule has 2 rings (SSSR count). The van der Waals surface area contributed by atoms with Crippen LogP contribution in [0.5, 0.6) is 0 Å². The number of nitrogens with zero attached hydrogens (tertiary/aromatic N) is 2. The van der Waals surface area contributed by atoms with Crippen LogP contribution in [0.25, 0.3) is 0 Å². The molecule has 19 heavy (non-hydrogen) atoms. The topological polar surface area (TPSA) is 70.1 Å². The molecule has 5 nitrogen and oxygen atoms in total. The van der Waals surface area contributed by atoms with E-state index in [9.17, 15) is 4.79 Å². The lowest BCUT2D eigenvalue weighted by atomic mass is 10.2. The van der Waals surface area contributed by atoms with E-state index in [-0.39, 0.29) is 5.69 Å². The fourth-order valence-electron chi connectivity index (χ4n) is 1.37. The number of aromatic nitrogens is 2. The van der Waals surface area contributed by atoms with Crippen molar-refractivity contribution in [3.05, 3.63) is 51.3 Å². The van der Waals surface area contributed by atoms with Crippen molar-refractivity contribution >= 4 is 35.3 Å². The van der Waals surface area contributed by atoms with E-state index in [0.717, 1.165) is 5.69 Å². The van der Waals surface area contributed by atoms with Crippen LogP contribution >= 0.6 is 23.2 Å². The van der Waals surface area contributed by atoms with Gasteiger partial charge in [0.25, 0.3) is 5.91 Å². The van der Waals surface area contributed by atoms with Crippen molar-refractivity contribution in [1.29, 1.82) is 0 Å². The van der Waals surface area contributed by atoms with Crippen molar-refractivity contribution in [2.24, 2.45) is 5.10 Å². The molecule has 0 saturated carbocycles. The van der Waals surface area contributed by atoms with Gasteiger partial charge in [-0.15, -0.1) is 0 Å². The second-order valence-electron chi connectivity index (χ2n) is 3.78. The molecule has 0 spiro atoms. The number of carbonyl (C=O) groups excluding carboxylic acids is 1. The summed E-state index contributed by atoms with van der Waals surface area (Å²) < 4.78 is 0. The van der Waals surface area contributed by atoms with E-state index < -0.39 is 5.91 Å². The number of H-pyrrole nitrogens is 1. The van der Waals surface area contributed by atoms with Gasteiger partial charge in [0.1, 0.15) is 0 Å². The molecule has 2 aromatic rings. The minimum atomic E-state index is -0.404. The largest absolute Gasteiger partial charge is 0.291 e. The molecular weight excluding hydrogens is 287 g/mol. The summed E-state index contributed by atoms with van der Waals surface area (Å²) >= 11 is 11.8. The summed E-state index contributed by atoms with van der Waals surface area (Å²) in [7, 11) is 0. The standard InChI is InChI=1S/C12H10Cl2N4O/c1-7-5-10(17-16-7)12(19)18-15-6-8-3-2-4-9(13)11(8)14/h2-6H,1H3,(H,16,17)(H,18,19)/b15-6+. The van der Waals surface area contributed by atoms with Crippen molar-refractivity contribution < 1.29 is 4.79 Å². The van der Waals surface area contributed by atoms with Crippen LogP contribution in [0, 0.1) is 6.92 Å². The molecule has 7 heteroatoms. The lowest BCUT2D eigenvalue weighted by Crippen LogP contribution is -2.18. The van der Waals surface area contributed by atoms with Crippen LogP contribution in [0.2, 0.25) is 10.0 Å². The number of benzene rings is 1. The Morgan fingerprint density at radius 3 is 2.95 bits per heavy atom. The molecule has 0 unspecified atom stereocenters. The Balaban J connectivity index is 2.04. The normalized spacial score (nSPS) is 10.9. The van der Waals surface area contributed by atoms with Crippen LogP contribution in [-0.4, -0.2) is 22.3 Å². The Morgan fingerprint density at radius 1 is 1.47 bits per heavy atom. The molecule has 0 aliphatic carbocycles. The van der Waals surface area contributed by atoms with E-state index in [1.165, 1.54) is 6.21 Å². The zero-order chi connectivity index (χ0) is 13.8. The zero-order valence-electron chi connectivity index (χ0n) is 9.95. The van der Waals surface area contributed by atoms with E-state index >= 15 is 0 Å². The summed E-state index contributed by atoms with van der Waals surface area (Å²) in [5, 5.41) is 11.1. The van der Waals surface area contributed by atoms with Crippen molar-refractivity contribution in [1.82, 2.24) is 15.6 Å². The number of carbonyl (C=O) groups is 1. The van der Waals surface area contributed by atoms with Gasteiger partial charge in [0, 0.05) is 11.3 Å². The first-order chi connectivity index (χ1) is 9.08. The second kappa shape index (κ2) is 5.86. The lowest BCUT2D eigenvalue weighted by Gasteiger charge is -1.99. The summed E-state index contributed by atoms with van der Waals surface area (Å²) in [6.45, 7) is 1.80. The van der Waals surface area contributed by atoms with E-state index in [1.807, 2.05) is 0 Å². The molecule has 0 bridgehead atoms. The summed E-state index contributed by atoms with van der Waals surface area (Å²) in [4.78, 5) is 11.6. The highest BCUT2D eigenvalue weighted by Gasteiger charge is 2.07. The van der Waals surface area contributed by atoms with Crippen LogP contribution in [-0.2, 0) is 0 Å². The fourth-order valence-corrected chi connectivity index (χ4v) is 1.73. The average molecular weight is 297 g/mol. The second-order valence-corrected chi connectivity index (χ2v) is 4.56. The SMILES string of the molecule is Cc1cc(C(=O)N/N=C/c2cccc(Cl)c2Cl)n[nH]1. The number of aryl methyl sites for hydroxylation is 1. The highest BCUT2D eigenvalue weighted by atomic mass is 35.5. The van der Waals surface area contributed by atoms with Gasteiger partial charge < -0.3 is 0 Å². The molecule has 1 amide bonds. The maximum atomic E-state index is 11.6. The van der Waals surface area contributed by atoms with Gasteiger partial charge in [-0.25, -0.2) is 5.43 Å². The number of hydrazone groups is 1. The van der Waals surface area contributed by atoms with Crippen LogP contribution in [0.1, 0.15) is 21.7 Å². The number of hydrogen-bond acceptors (Lipinski definition) is 3. The van der Waals surface area contributed by atoms with Gasteiger partial charge in [-0.2, -0.15) is 10.2 Å². The third-order valence-corrected chi connectivity index (χ3v) is 3.12. The van der Waals surface area contributed by atoms with Gasteiger partial charge in [-0.05, 0) is 19.1 Å². The number of hydrogen-bond donors (Lipinski definition) is 2. The highest BCUT2D eigenvalue weighted by Crippen LogP contribution is 2.23. The predicted molar refractivity (Wildman–Crippen MR) is 74.8 cm³/mol. The number of aromatic amines is 1. The Labute approximate surface area is 119 Å². The van der Waals surface area contributed by atoms with Crippen molar-refractivity contribution in [2.75, 3.05) is 0 Å². The first kappa shape index (κ1) is 13.6. The van der Waals surface area contributed by atoms with Gasteiger partial charge in [-0.1, -0.05) is 35.3 Å². The van der Waals surface area contributed by atoms with Gasteiger partial charge in [-0.3, -0.25) is 9.89 Å². The highest BCUT2D eigenvalue weighted by molar-refractivity contribution is 6.43. The van der Waals surface area contributed by atoms with E-state index in [1.54, 1.807) is 31.2 Å². The van der Waals surface area contributed by atoms with Gasteiger partial charge in [0.05, 0.1) is 16.3 Å². The summed E-state index contributed by atoms with van der Waals surface area (Å²) in [5.41, 5.74) is 4.04. The molecule has 0 aliphatic heterocycles. The van der Waals surface area contributed by atoms with Crippen LogP contribution in [0.4, 0.5) is 0 Å². The smallest absolute Gasteiger partial charge is 0.282 e. The zero-order valence-corrected chi connectivity index (χ0v) is 11.5. The molecule has 0 saturated heterocycles. The molecule has 0 fully saturated rings. The van der Waals surface area contributed by atoms with E-state index in [4.69, 9.17) is 23.2 Å². The molecule has 0 radical (unpaired) electrons. The quantitative estimate of drug-likeness (QED) is 0.675. The monoisotopic (exact) mass is 296 g/mol. The molecular formula is C12H10Cl2N4O. The van der Waals surface area contributed by atoms with Crippen molar-refractivity contribution in [3.8, 4) is 0 Å². The minimum absolute atomic E-state index is 0.270. The Bertz CT molecular complexity index is 636. The first-order valence-corrected chi connectivity index (χ1v) is 6.13. The van der Waals surface area contributed by atoms with Gasteiger partial charge in [0.15, 0.2) is 5.69 Å². The third-order valence-electron chi connectivity index (χ3n) is 2.29. The molecule has 2 N–H and O–H groups in total. The molecule has 0 atom stereocenters. The van der Waals surface area contributed by atoms with Crippen LogP contribution in [0.3, 0.4) is 0 Å². The number of amides is 1. The van der Waals surface area contributed by atoms with Crippen molar-refractivity contribution in [2.45, 2.75) is 6.92 Å². The van der Waals surface area contributed by atoms with Crippen LogP contribution in [0.15, 0.2) is 29.4 Å². The van der Waals surface area contributed by atoms with E-state index in [2.05, 4.69) is 20.7 Å². The minimum Gasteiger partial charge on any atom is -0.282 e.